The first-order valence-electron chi connectivity index (χ1n) is 9.56. The van der Waals surface area contributed by atoms with E-state index in [1.807, 2.05) is 36.2 Å². The summed E-state index contributed by atoms with van der Waals surface area (Å²) in [5.74, 6) is 0.956. The minimum absolute atomic E-state index is 0.0493. The van der Waals surface area contributed by atoms with Crippen molar-refractivity contribution >= 4 is 11.8 Å². The number of nitrogens with one attached hydrogen (secondary N) is 1. The number of piperidine rings is 1. The van der Waals surface area contributed by atoms with Crippen molar-refractivity contribution in [1.29, 1.82) is 0 Å². The van der Waals surface area contributed by atoms with Crippen LogP contribution in [0.4, 0.5) is 15.0 Å². The number of amides is 2. The van der Waals surface area contributed by atoms with Gasteiger partial charge in [-0.25, -0.2) is 14.2 Å². The highest BCUT2D eigenvalue weighted by Gasteiger charge is 2.40. The molecular formula is C21H25FN4O. The van der Waals surface area contributed by atoms with Crippen LogP contribution >= 0.6 is 0 Å². The third-order valence-electron chi connectivity index (χ3n) is 5.61. The van der Waals surface area contributed by atoms with Crippen LogP contribution < -0.4 is 10.2 Å². The number of nitrogens with zero attached hydrogens (tertiary/aromatic N) is 3. The first kappa shape index (κ1) is 17.8. The number of hydrogen-bond donors (Lipinski definition) is 1. The van der Waals surface area contributed by atoms with E-state index < -0.39 is 0 Å². The van der Waals surface area contributed by atoms with E-state index >= 15 is 0 Å². The van der Waals surface area contributed by atoms with Crippen LogP contribution in [0.25, 0.3) is 0 Å². The van der Waals surface area contributed by atoms with Gasteiger partial charge >= 0.3 is 6.03 Å². The van der Waals surface area contributed by atoms with Gasteiger partial charge in [0, 0.05) is 38.3 Å². The molecule has 0 radical (unpaired) electrons. The van der Waals surface area contributed by atoms with Crippen molar-refractivity contribution in [3.63, 3.8) is 0 Å². The van der Waals surface area contributed by atoms with Gasteiger partial charge in [-0.1, -0.05) is 18.2 Å². The maximum absolute atomic E-state index is 13.4. The van der Waals surface area contributed by atoms with E-state index in [-0.39, 0.29) is 29.8 Å². The van der Waals surface area contributed by atoms with Crippen molar-refractivity contribution in [2.24, 2.45) is 0 Å². The minimum atomic E-state index is -0.224. The van der Waals surface area contributed by atoms with Crippen LogP contribution in [0.3, 0.4) is 0 Å². The van der Waals surface area contributed by atoms with E-state index in [2.05, 4.69) is 15.2 Å². The number of carbonyl (C=O) groups is 1. The van der Waals surface area contributed by atoms with Crippen molar-refractivity contribution in [2.45, 2.75) is 37.3 Å². The molecule has 3 atom stereocenters. The number of aromatic nitrogens is 1. The van der Waals surface area contributed by atoms with Crippen molar-refractivity contribution in [3.05, 3.63) is 60.0 Å². The highest BCUT2D eigenvalue weighted by molar-refractivity contribution is 5.75. The van der Waals surface area contributed by atoms with Crippen LogP contribution in [0.5, 0.6) is 0 Å². The molecule has 2 aromatic rings. The molecule has 2 unspecified atom stereocenters. The van der Waals surface area contributed by atoms with Gasteiger partial charge in [0.2, 0.25) is 0 Å². The number of benzene rings is 1. The molecule has 1 aliphatic heterocycles. The molecule has 0 bridgehead atoms. The number of pyridine rings is 1. The van der Waals surface area contributed by atoms with Crippen LogP contribution in [-0.2, 0) is 0 Å². The smallest absolute Gasteiger partial charge is 0.317 e. The summed E-state index contributed by atoms with van der Waals surface area (Å²) in [6.07, 6.45) is 4.70. The van der Waals surface area contributed by atoms with Crippen molar-refractivity contribution < 1.29 is 9.18 Å². The lowest BCUT2D eigenvalue weighted by molar-refractivity contribution is 0.182. The predicted octanol–water partition coefficient (Wildman–Crippen LogP) is 3.39. The van der Waals surface area contributed by atoms with E-state index in [0.717, 1.165) is 43.7 Å². The molecule has 4 rings (SSSR count). The number of rotatable bonds is 4. The maximum atomic E-state index is 13.4. The van der Waals surface area contributed by atoms with Gasteiger partial charge in [-0.05, 0) is 49.1 Å². The number of halogens is 1. The quantitative estimate of drug-likeness (QED) is 0.900. The second-order valence-corrected chi connectivity index (χ2v) is 7.49. The lowest BCUT2D eigenvalue weighted by Crippen LogP contribution is -2.52. The Morgan fingerprint density at radius 1 is 1.30 bits per heavy atom. The third-order valence-corrected chi connectivity index (χ3v) is 5.61. The number of anilines is 1. The highest BCUT2D eigenvalue weighted by atomic mass is 19.1. The zero-order valence-corrected chi connectivity index (χ0v) is 15.5. The van der Waals surface area contributed by atoms with Gasteiger partial charge in [0.05, 0.1) is 6.04 Å². The van der Waals surface area contributed by atoms with Gasteiger partial charge < -0.3 is 15.1 Å². The van der Waals surface area contributed by atoms with Crippen LogP contribution in [0.15, 0.2) is 48.7 Å². The number of carbonyl (C=O) groups excluding carboxylic acids is 1. The van der Waals surface area contributed by atoms with E-state index in [1.54, 1.807) is 18.3 Å². The van der Waals surface area contributed by atoms with Crippen molar-refractivity contribution in [2.75, 3.05) is 25.0 Å². The van der Waals surface area contributed by atoms with Crippen LogP contribution in [0, 0.1) is 5.82 Å². The molecule has 2 heterocycles. The number of likely N-dealkylation sites (N-methyl/N-ethyl adjacent to an activating group) is 1. The Balaban J connectivity index is 1.33. The third kappa shape index (κ3) is 4.04. The van der Waals surface area contributed by atoms with Gasteiger partial charge in [0.1, 0.15) is 11.6 Å². The van der Waals surface area contributed by atoms with Crippen LogP contribution in [0.1, 0.15) is 30.7 Å². The summed E-state index contributed by atoms with van der Waals surface area (Å²) >= 11 is 0. The molecule has 1 N–H and O–H groups in total. The van der Waals surface area contributed by atoms with Crippen molar-refractivity contribution in [1.82, 2.24) is 15.2 Å². The summed E-state index contributed by atoms with van der Waals surface area (Å²) < 4.78 is 13.4. The Morgan fingerprint density at radius 3 is 2.96 bits per heavy atom. The highest BCUT2D eigenvalue weighted by Crippen LogP contribution is 2.41. The van der Waals surface area contributed by atoms with Gasteiger partial charge in [-0.3, -0.25) is 0 Å². The summed E-state index contributed by atoms with van der Waals surface area (Å²) in [5.41, 5.74) is 0.960. The maximum Gasteiger partial charge on any atom is 0.317 e. The number of urea groups is 1. The lowest BCUT2D eigenvalue weighted by Gasteiger charge is -2.38. The summed E-state index contributed by atoms with van der Waals surface area (Å²) in [6.45, 7) is 1.76. The minimum Gasteiger partial charge on any atom is -0.355 e. The Morgan fingerprint density at radius 2 is 2.19 bits per heavy atom. The monoisotopic (exact) mass is 368 g/mol. The molecule has 1 saturated heterocycles. The summed E-state index contributed by atoms with van der Waals surface area (Å²) in [5, 5.41) is 3.10. The Kier molecular flexibility index (Phi) is 4.97. The molecule has 5 nitrogen and oxygen atoms in total. The van der Waals surface area contributed by atoms with E-state index in [1.165, 1.54) is 6.07 Å². The lowest BCUT2D eigenvalue weighted by atomic mass is 10.0. The Hall–Kier alpha value is -2.63. The fourth-order valence-electron chi connectivity index (χ4n) is 3.91. The number of hydrogen-bond acceptors (Lipinski definition) is 3. The second kappa shape index (κ2) is 7.55. The summed E-state index contributed by atoms with van der Waals surface area (Å²) in [6, 6.07) is 12.8. The molecule has 0 spiro atoms. The molecule has 2 amide bonds. The van der Waals surface area contributed by atoms with Crippen LogP contribution in [-0.4, -0.2) is 48.1 Å². The fraction of sp³-hybridized carbons (Fsp3) is 0.429. The molecule has 1 aromatic carbocycles. The average molecular weight is 368 g/mol. The molecule has 6 heteroatoms. The van der Waals surface area contributed by atoms with E-state index in [0.29, 0.717) is 0 Å². The molecule has 1 aliphatic carbocycles. The largest absolute Gasteiger partial charge is 0.355 e. The first-order valence-corrected chi connectivity index (χ1v) is 9.56. The first-order chi connectivity index (χ1) is 13.1. The topological polar surface area (TPSA) is 48.5 Å². The molecule has 27 heavy (non-hydrogen) atoms. The molecule has 142 valence electrons. The predicted molar refractivity (Wildman–Crippen MR) is 103 cm³/mol. The average Bonchev–Trinajstić information content (AvgIpc) is 3.47. The standard InChI is InChI=1S/C21H25FN4O/c1-25(17-8-5-11-26(14-17)20-9-2-3-10-23-20)21(27)24-19-13-18(19)15-6-4-7-16(22)12-15/h2-4,6-7,9-10,12,17-19H,5,8,11,13-14H2,1H3,(H,24,27)/t17?,18?,19-/m1/s1. The normalized spacial score (nSPS) is 24.4. The molecule has 2 fully saturated rings. The zero-order chi connectivity index (χ0) is 18.8. The van der Waals surface area contributed by atoms with Gasteiger partial charge in [0.25, 0.3) is 0 Å². The zero-order valence-electron chi connectivity index (χ0n) is 15.5. The molecule has 2 aliphatic rings. The fourth-order valence-corrected chi connectivity index (χ4v) is 3.91. The second-order valence-electron chi connectivity index (χ2n) is 7.49. The van der Waals surface area contributed by atoms with Gasteiger partial charge in [-0.15, -0.1) is 0 Å². The van der Waals surface area contributed by atoms with Crippen LogP contribution in [0.2, 0.25) is 0 Å². The molecular weight excluding hydrogens is 343 g/mol. The van der Waals surface area contributed by atoms with Crippen molar-refractivity contribution in [3.8, 4) is 0 Å². The van der Waals surface area contributed by atoms with Gasteiger partial charge in [-0.2, -0.15) is 0 Å². The van der Waals surface area contributed by atoms with Gasteiger partial charge in [0.15, 0.2) is 0 Å². The van der Waals surface area contributed by atoms with E-state index in [9.17, 15) is 9.18 Å². The van der Waals surface area contributed by atoms with E-state index in [4.69, 9.17) is 0 Å². The summed E-state index contributed by atoms with van der Waals surface area (Å²) in [7, 11) is 1.86. The SMILES string of the molecule is CN(C(=O)N[C@@H]1CC1c1cccc(F)c1)C1CCCN(c2ccccn2)C1. The Bertz CT molecular complexity index is 800. The summed E-state index contributed by atoms with van der Waals surface area (Å²) in [4.78, 5) is 21.2. The Labute approximate surface area is 159 Å². The molecule has 1 saturated carbocycles. The molecule has 1 aromatic heterocycles.